The van der Waals surface area contributed by atoms with Crippen molar-refractivity contribution >= 4 is 15.9 Å². The Morgan fingerprint density at radius 3 is 2.62 bits per heavy atom. The molecule has 21 heavy (non-hydrogen) atoms. The minimum Gasteiger partial charge on any atom is -0.313 e. The lowest BCUT2D eigenvalue weighted by molar-refractivity contribution is 0.184. The van der Waals surface area contributed by atoms with E-state index < -0.39 is 0 Å². The van der Waals surface area contributed by atoms with E-state index in [1.807, 2.05) is 12.1 Å². The SMILES string of the molecule is CCCNC(Cc1cccc(F)c1Br)C1(CC)CCCC1. The van der Waals surface area contributed by atoms with Crippen molar-refractivity contribution in [3.05, 3.63) is 34.1 Å². The smallest absolute Gasteiger partial charge is 0.137 e. The Balaban J connectivity index is 2.21. The van der Waals surface area contributed by atoms with Gasteiger partial charge in [0.05, 0.1) is 4.47 Å². The van der Waals surface area contributed by atoms with Crippen LogP contribution in [0.25, 0.3) is 0 Å². The van der Waals surface area contributed by atoms with Crippen molar-refractivity contribution in [1.82, 2.24) is 5.32 Å². The molecular formula is C18H27BrFN. The Bertz CT molecular complexity index is 455. The minimum absolute atomic E-state index is 0.154. The summed E-state index contributed by atoms with van der Waals surface area (Å²) in [5.74, 6) is -0.154. The van der Waals surface area contributed by atoms with E-state index in [9.17, 15) is 4.39 Å². The topological polar surface area (TPSA) is 12.0 Å². The lowest BCUT2D eigenvalue weighted by atomic mass is 9.74. The number of rotatable bonds is 7. The second-order valence-electron chi connectivity index (χ2n) is 6.35. The van der Waals surface area contributed by atoms with E-state index >= 15 is 0 Å². The van der Waals surface area contributed by atoms with Crippen molar-refractivity contribution < 1.29 is 4.39 Å². The van der Waals surface area contributed by atoms with Gasteiger partial charge in [-0.25, -0.2) is 4.39 Å². The second-order valence-corrected chi connectivity index (χ2v) is 7.14. The number of hydrogen-bond acceptors (Lipinski definition) is 1. The summed E-state index contributed by atoms with van der Waals surface area (Å²) in [7, 11) is 0. The maximum Gasteiger partial charge on any atom is 0.137 e. The third-order valence-corrected chi connectivity index (χ3v) is 6.03. The fraction of sp³-hybridized carbons (Fsp3) is 0.667. The first-order valence-electron chi connectivity index (χ1n) is 8.29. The van der Waals surface area contributed by atoms with Crippen LogP contribution in [0.15, 0.2) is 22.7 Å². The van der Waals surface area contributed by atoms with Gasteiger partial charge in [-0.3, -0.25) is 0 Å². The third kappa shape index (κ3) is 3.87. The first-order valence-corrected chi connectivity index (χ1v) is 9.08. The van der Waals surface area contributed by atoms with Crippen molar-refractivity contribution in [3.8, 4) is 0 Å². The Morgan fingerprint density at radius 1 is 1.29 bits per heavy atom. The first-order chi connectivity index (χ1) is 10.1. The van der Waals surface area contributed by atoms with E-state index in [4.69, 9.17) is 0 Å². The van der Waals surface area contributed by atoms with Crippen LogP contribution in [0.5, 0.6) is 0 Å². The summed E-state index contributed by atoms with van der Waals surface area (Å²) in [5.41, 5.74) is 1.48. The molecule has 0 amide bonds. The van der Waals surface area contributed by atoms with Gasteiger partial charge in [0, 0.05) is 6.04 Å². The van der Waals surface area contributed by atoms with Gasteiger partial charge in [-0.2, -0.15) is 0 Å². The predicted molar refractivity (Wildman–Crippen MR) is 91.1 cm³/mol. The summed E-state index contributed by atoms with van der Waals surface area (Å²) < 4.78 is 14.4. The molecule has 2 rings (SSSR count). The molecule has 1 nitrogen and oxygen atoms in total. The molecule has 1 N–H and O–H groups in total. The van der Waals surface area contributed by atoms with Crippen LogP contribution < -0.4 is 5.32 Å². The van der Waals surface area contributed by atoms with Crippen LogP contribution in [0.1, 0.15) is 57.9 Å². The fourth-order valence-electron chi connectivity index (χ4n) is 3.78. The summed E-state index contributed by atoms with van der Waals surface area (Å²) >= 11 is 3.42. The summed E-state index contributed by atoms with van der Waals surface area (Å²) in [6, 6.07) is 5.84. The van der Waals surface area contributed by atoms with Gasteiger partial charge in [-0.1, -0.05) is 38.8 Å². The molecule has 0 spiro atoms. The number of benzene rings is 1. The van der Waals surface area contributed by atoms with Gasteiger partial charge < -0.3 is 5.32 Å². The highest BCUT2D eigenvalue weighted by molar-refractivity contribution is 9.10. The largest absolute Gasteiger partial charge is 0.313 e. The predicted octanol–water partition coefficient (Wildman–Crippen LogP) is 5.47. The average Bonchev–Trinajstić information content (AvgIpc) is 2.97. The summed E-state index contributed by atoms with van der Waals surface area (Å²) in [6.07, 6.45) is 8.54. The molecule has 0 radical (unpaired) electrons. The number of halogens is 2. The maximum atomic E-state index is 13.8. The molecule has 0 saturated heterocycles. The highest BCUT2D eigenvalue weighted by Gasteiger charge is 2.39. The van der Waals surface area contributed by atoms with Gasteiger partial charge in [0.15, 0.2) is 0 Å². The molecule has 1 aliphatic carbocycles. The number of hydrogen-bond donors (Lipinski definition) is 1. The van der Waals surface area contributed by atoms with E-state index in [1.54, 1.807) is 0 Å². The highest BCUT2D eigenvalue weighted by atomic mass is 79.9. The normalized spacial score (nSPS) is 18.9. The molecular weight excluding hydrogens is 329 g/mol. The van der Waals surface area contributed by atoms with E-state index in [2.05, 4.69) is 35.1 Å². The average molecular weight is 356 g/mol. The van der Waals surface area contributed by atoms with Crippen molar-refractivity contribution in [2.75, 3.05) is 6.54 Å². The quantitative estimate of drug-likeness (QED) is 0.683. The maximum absolute atomic E-state index is 13.8. The monoisotopic (exact) mass is 355 g/mol. The van der Waals surface area contributed by atoms with Crippen LogP contribution in [0, 0.1) is 11.2 Å². The molecule has 1 aromatic carbocycles. The molecule has 0 bridgehead atoms. The van der Waals surface area contributed by atoms with Crippen molar-refractivity contribution in [2.45, 2.75) is 64.8 Å². The minimum atomic E-state index is -0.154. The van der Waals surface area contributed by atoms with Crippen molar-refractivity contribution in [3.63, 3.8) is 0 Å². The van der Waals surface area contributed by atoms with Crippen LogP contribution in [0.4, 0.5) is 4.39 Å². The second kappa shape index (κ2) is 7.73. The molecule has 0 aliphatic heterocycles. The third-order valence-electron chi connectivity index (χ3n) is 5.14. The molecule has 1 aromatic rings. The van der Waals surface area contributed by atoms with Crippen LogP contribution in [0.3, 0.4) is 0 Å². The lowest BCUT2D eigenvalue weighted by Gasteiger charge is -2.38. The Labute approximate surface area is 136 Å². The Kier molecular flexibility index (Phi) is 6.24. The van der Waals surface area contributed by atoms with Gasteiger partial charge >= 0.3 is 0 Å². The lowest BCUT2D eigenvalue weighted by Crippen LogP contribution is -2.45. The summed E-state index contributed by atoms with van der Waals surface area (Å²) in [5, 5.41) is 3.75. The zero-order valence-corrected chi connectivity index (χ0v) is 14.8. The van der Waals surface area contributed by atoms with E-state index in [0.717, 1.165) is 24.9 Å². The molecule has 1 aliphatic rings. The molecule has 1 fully saturated rings. The fourth-order valence-corrected chi connectivity index (χ4v) is 4.20. The summed E-state index contributed by atoms with van der Waals surface area (Å²) in [6.45, 7) is 5.56. The first kappa shape index (κ1) is 17.0. The Morgan fingerprint density at radius 2 is 2.00 bits per heavy atom. The van der Waals surface area contributed by atoms with Gasteiger partial charge in [-0.05, 0) is 71.6 Å². The molecule has 0 aromatic heterocycles. The van der Waals surface area contributed by atoms with Crippen molar-refractivity contribution in [1.29, 1.82) is 0 Å². The van der Waals surface area contributed by atoms with Gasteiger partial charge in [0.2, 0.25) is 0 Å². The molecule has 0 heterocycles. The van der Waals surface area contributed by atoms with Crippen LogP contribution in [0.2, 0.25) is 0 Å². The number of nitrogens with one attached hydrogen (secondary N) is 1. The van der Waals surface area contributed by atoms with E-state index in [0.29, 0.717) is 15.9 Å². The molecule has 1 saturated carbocycles. The molecule has 1 unspecified atom stereocenters. The van der Waals surface area contributed by atoms with Crippen LogP contribution >= 0.6 is 15.9 Å². The zero-order chi connectivity index (χ0) is 15.3. The molecule has 3 heteroatoms. The zero-order valence-electron chi connectivity index (χ0n) is 13.2. The van der Waals surface area contributed by atoms with Gasteiger partial charge in [0.25, 0.3) is 0 Å². The van der Waals surface area contributed by atoms with Gasteiger partial charge in [0.1, 0.15) is 5.82 Å². The molecule has 1 atom stereocenters. The Hall–Kier alpha value is -0.410. The standard InChI is InChI=1S/C18H27BrFN/c1-3-12-21-16(18(4-2)10-5-6-11-18)13-14-8-7-9-15(20)17(14)19/h7-9,16,21H,3-6,10-13H2,1-2H3. The summed E-state index contributed by atoms with van der Waals surface area (Å²) in [4.78, 5) is 0. The van der Waals surface area contributed by atoms with E-state index in [1.165, 1.54) is 38.2 Å². The van der Waals surface area contributed by atoms with Gasteiger partial charge in [-0.15, -0.1) is 0 Å². The van der Waals surface area contributed by atoms with Crippen molar-refractivity contribution in [2.24, 2.45) is 5.41 Å². The highest BCUT2D eigenvalue weighted by Crippen LogP contribution is 2.45. The molecule has 118 valence electrons. The van der Waals surface area contributed by atoms with Crippen LogP contribution in [-0.4, -0.2) is 12.6 Å². The van der Waals surface area contributed by atoms with Crippen LogP contribution in [-0.2, 0) is 6.42 Å². The van der Waals surface area contributed by atoms with E-state index in [-0.39, 0.29) is 5.82 Å².